The molecule has 0 heterocycles. The van der Waals surface area contributed by atoms with Gasteiger partial charge in [0.2, 0.25) is 0 Å². The van der Waals surface area contributed by atoms with Crippen LogP contribution in [0, 0.1) is 17.5 Å². The summed E-state index contributed by atoms with van der Waals surface area (Å²) in [5.41, 5.74) is 0.385. The van der Waals surface area contributed by atoms with Gasteiger partial charge in [-0.3, -0.25) is 0 Å². The first-order valence-electron chi connectivity index (χ1n) is 4.95. The van der Waals surface area contributed by atoms with Crippen LogP contribution in [0.1, 0.15) is 19.4 Å². The second kappa shape index (κ2) is 5.52. The largest absolute Gasteiger partial charge is 0.463 e. The van der Waals surface area contributed by atoms with Crippen molar-refractivity contribution in [3.8, 4) is 0 Å². The van der Waals surface area contributed by atoms with E-state index in [1.54, 1.807) is 6.92 Å². The monoisotopic (exact) mass is 244 g/mol. The molecule has 0 fully saturated rings. The maximum Gasteiger partial charge on any atom is 0.331 e. The number of rotatable bonds is 3. The predicted molar refractivity (Wildman–Crippen MR) is 56.6 cm³/mol. The second-order valence-corrected chi connectivity index (χ2v) is 3.33. The molecule has 0 spiro atoms. The molecule has 1 aromatic carbocycles. The highest BCUT2D eigenvalue weighted by Gasteiger charge is 2.11. The lowest BCUT2D eigenvalue weighted by Gasteiger charge is -2.04. The standard InChI is InChI=1S/C12H11F3O2/c1-3-17-11(16)4-7(2)8-5-9(13)12(15)10(14)6-8/h4-6H,3H2,1-2H3/b7-4+. The Kier molecular flexibility index (Phi) is 4.31. The van der Waals surface area contributed by atoms with Crippen LogP contribution in [-0.2, 0) is 9.53 Å². The normalized spacial score (nSPS) is 11.5. The van der Waals surface area contributed by atoms with Gasteiger partial charge in [-0.2, -0.15) is 0 Å². The highest BCUT2D eigenvalue weighted by atomic mass is 19.2. The number of carbonyl (C=O) groups is 1. The number of hydrogen-bond donors (Lipinski definition) is 0. The molecule has 0 N–H and O–H groups in total. The Labute approximate surface area is 96.7 Å². The van der Waals surface area contributed by atoms with Gasteiger partial charge in [0.25, 0.3) is 0 Å². The summed E-state index contributed by atoms with van der Waals surface area (Å²) in [4.78, 5) is 11.1. The summed E-state index contributed by atoms with van der Waals surface area (Å²) in [6.07, 6.45) is 1.09. The Hall–Kier alpha value is -1.78. The Balaban J connectivity index is 3.04. The third-order valence-corrected chi connectivity index (χ3v) is 2.06. The van der Waals surface area contributed by atoms with Gasteiger partial charge in [0, 0.05) is 6.08 Å². The second-order valence-electron chi connectivity index (χ2n) is 3.33. The summed E-state index contributed by atoms with van der Waals surface area (Å²) in [6.45, 7) is 3.32. The zero-order valence-electron chi connectivity index (χ0n) is 9.39. The molecule has 2 nitrogen and oxygen atoms in total. The average molecular weight is 244 g/mol. The van der Waals surface area contributed by atoms with Crippen LogP contribution in [0.5, 0.6) is 0 Å². The number of carbonyl (C=O) groups excluding carboxylic acids is 1. The molecule has 1 aromatic rings. The summed E-state index contributed by atoms with van der Waals surface area (Å²) in [6, 6.07) is 1.65. The van der Waals surface area contributed by atoms with Gasteiger partial charge in [-0.05, 0) is 37.1 Å². The summed E-state index contributed by atoms with van der Waals surface area (Å²) in [5.74, 6) is -4.74. The third-order valence-electron chi connectivity index (χ3n) is 2.06. The molecule has 17 heavy (non-hydrogen) atoms. The Morgan fingerprint density at radius 3 is 2.29 bits per heavy atom. The quantitative estimate of drug-likeness (QED) is 0.464. The summed E-state index contributed by atoms with van der Waals surface area (Å²) < 4.78 is 43.2. The maximum atomic E-state index is 12.9. The first-order chi connectivity index (χ1) is 7.95. The van der Waals surface area contributed by atoms with Crippen LogP contribution in [0.3, 0.4) is 0 Å². The topological polar surface area (TPSA) is 26.3 Å². The molecular formula is C12H11F3O2. The fourth-order valence-electron chi connectivity index (χ4n) is 1.23. The summed E-state index contributed by atoms with van der Waals surface area (Å²) in [5, 5.41) is 0. The minimum absolute atomic E-state index is 0.0921. The van der Waals surface area contributed by atoms with Crippen molar-refractivity contribution in [2.75, 3.05) is 6.61 Å². The lowest BCUT2D eigenvalue weighted by Crippen LogP contribution is -2.01. The van der Waals surface area contributed by atoms with E-state index in [0.717, 1.165) is 18.2 Å². The van der Waals surface area contributed by atoms with Gasteiger partial charge < -0.3 is 4.74 Å². The zero-order valence-corrected chi connectivity index (χ0v) is 9.39. The van der Waals surface area contributed by atoms with Gasteiger partial charge in [-0.25, -0.2) is 18.0 Å². The molecule has 92 valence electrons. The first-order valence-corrected chi connectivity index (χ1v) is 4.95. The van der Waals surface area contributed by atoms with Crippen LogP contribution in [0.4, 0.5) is 13.2 Å². The van der Waals surface area contributed by atoms with E-state index in [-0.39, 0.29) is 12.2 Å². The number of ether oxygens (including phenoxy) is 1. The van der Waals surface area contributed by atoms with Gasteiger partial charge in [0.05, 0.1) is 6.61 Å². The van der Waals surface area contributed by atoms with Crippen LogP contribution in [0.2, 0.25) is 0 Å². The number of allylic oxidation sites excluding steroid dienone is 1. The van der Waals surface area contributed by atoms with Crippen molar-refractivity contribution in [3.05, 3.63) is 41.2 Å². The molecule has 0 bridgehead atoms. The number of benzene rings is 1. The molecule has 1 rings (SSSR count). The van der Waals surface area contributed by atoms with Gasteiger partial charge in [-0.15, -0.1) is 0 Å². The minimum Gasteiger partial charge on any atom is -0.463 e. The van der Waals surface area contributed by atoms with Crippen LogP contribution in [0.25, 0.3) is 5.57 Å². The number of hydrogen-bond acceptors (Lipinski definition) is 2. The molecular weight excluding hydrogens is 233 g/mol. The molecule has 0 atom stereocenters. The molecule has 0 aliphatic rings. The maximum absolute atomic E-state index is 12.9. The van der Waals surface area contributed by atoms with Crippen molar-refractivity contribution in [2.24, 2.45) is 0 Å². The average Bonchev–Trinajstić information content (AvgIpc) is 2.25. The van der Waals surface area contributed by atoms with Crippen molar-refractivity contribution in [3.63, 3.8) is 0 Å². The van der Waals surface area contributed by atoms with E-state index in [0.29, 0.717) is 5.57 Å². The molecule has 0 amide bonds. The highest BCUT2D eigenvalue weighted by molar-refractivity contribution is 5.90. The van der Waals surface area contributed by atoms with Crippen LogP contribution >= 0.6 is 0 Å². The Bertz CT molecular complexity index is 444. The fraction of sp³-hybridized carbons (Fsp3) is 0.250. The lowest BCUT2D eigenvalue weighted by molar-refractivity contribution is -0.137. The first kappa shape index (κ1) is 13.3. The smallest absolute Gasteiger partial charge is 0.331 e. The van der Waals surface area contributed by atoms with Crippen LogP contribution in [0.15, 0.2) is 18.2 Å². The fourth-order valence-corrected chi connectivity index (χ4v) is 1.23. The molecule has 0 unspecified atom stereocenters. The SMILES string of the molecule is CCOC(=O)/C=C(\C)c1cc(F)c(F)c(F)c1. The molecule has 5 heteroatoms. The minimum atomic E-state index is -1.53. The summed E-state index contributed by atoms with van der Waals surface area (Å²) in [7, 11) is 0. The van der Waals surface area contributed by atoms with Crippen molar-refractivity contribution in [2.45, 2.75) is 13.8 Å². The number of esters is 1. The third kappa shape index (κ3) is 3.34. The number of halogens is 3. The molecule has 0 radical (unpaired) electrons. The molecule has 0 saturated carbocycles. The van der Waals surface area contributed by atoms with Gasteiger partial charge >= 0.3 is 5.97 Å². The lowest BCUT2D eigenvalue weighted by atomic mass is 10.1. The van der Waals surface area contributed by atoms with Crippen LogP contribution < -0.4 is 0 Å². The van der Waals surface area contributed by atoms with E-state index in [9.17, 15) is 18.0 Å². The highest BCUT2D eigenvalue weighted by Crippen LogP contribution is 2.19. The van der Waals surface area contributed by atoms with E-state index >= 15 is 0 Å². The van der Waals surface area contributed by atoms with E-state index in [1.807, 2.05) is 0 Å². The van der Waals surface area contributed by atoms with Crippen molar-refractivity contribution < 1.29 is 22.7 Å². The molecule has 0 saturated heterocycles. The molecule has 0 aromatic heterocycles. The van der Waals surface area contributed by atoms with E-state index < -0.39 is 23.4 Å². The Morgan fingerprint density at radius 2 is 1.82 bits per heavy atom. The molecule has 0 aliphatic carbocycles. The van der Waals surface area contributed by atoms with Gasteiger partial charge in [0.1, 0.15) is 0 Å². The Morgan fingerprint density at radius 1 is 1.29 bits per heavy atom. The van der Waals surface area contributed by atoms with E-state index in [1.165, 1.54) is 6.92 Å². The van der Waals surface area contributed by atoms with Crippen molar-refractivity contribution in [1.82, 2.24) is 0 Å². The van der Waals surface area contributed by atoms with E-state index in [4.69, 9.17) is 0 Å². The van der Waals surface area contributed by atoms with Crippen molar-refractivity contribution in [1.29, 1.82) is 0 Å². The summed E-state index contributed by atoms with van der Waals surface area (Å²) >= 11 is 0. The predicted octanol–water partition coefficient (Wildman–Crippen LogP) is 3.07. The zero-order chi connectivity index (χ0) is 13.0. The van der Waals surface area contributed by atoms with Crippen molar-refractivity contribution >= 4 is 11.5 Å². The van der Waals surface area contributed by atoms with E-state index in [2.05, 4.69) is 4.74 Å². The van der Waals surface area contributed by atoms with Gasteiger partial charge in [0.15, 0.2) is 17.5 Å². The van der Waals surface area contributed by atoms with Gasteiger partial charge in [-0.1, -0.05) is 0 Å². The van der Waals surface area contributed by atoms with Crippen LogP contribution in [-0.4, -0.2) is 12.6 Å². The molecule has 0 aliphatic heterocycles.